The molecule has 0 aliphatic rings. The van der Waals surface area contributed by atoms with E-state index in [1.54, 1.807) is 38.6 Å². The number of nitrogens with one attached hydrogen (secondary N) is 1. The number of rotatable bonds is 10. The predicted molar refractivity (Wildman–Crippen MR) is 122 cm³/mol. The quantitative estimate of drug-likeness (QED) is 0.293. The second kappa shape index (κ2) is 11.5. The lowest BCUT2D eigenvalue weighted by Gasteiger charge is -2.07. The van der Waals surface area contributed by atoms with Crippen molar-refractivity contribution in [3.8, 4) is 28.6 Å². The summed E-state index contributed by atoms with van der Waals surface area (Å²) in [6.45, 7) is 2.80. The number of amides is 1. The highest BCUT2D eigenvalue weighted by Crippen LogP contribution is 2.22. The van der Waals surface area contributed by atoms with E-state index in [2.05, 4.69) is 27.4 Å². The van der Waals surface area contributed by atoms with Gasteiger partial charge in [-0.2, -0.15) is 5.10 Å². The molecule has 8 heteroatoms. The van der Waals surface area contributed by atoms with Crippen LogP contribution < -0.4 is 19.6 Å². The molecule has 1 amide bonds. The minimum absolute atomic E-state index is 0.207. The number of methoxy groups -OCH3 is 2. The molecule has 166 valence electrons. The number of nitrogens with zero attached hydrogens (tertiary/aromatic N) is 3. The summed E-state index contributed by atoms with van der Waals surface area (Å²) in [4.78, 5) is 21.1. The van der Waals surface area contributed by atoms with Crippen LogP contribution in [0.1, 0.15) is 35.8 Å². The third-order valence-corrected chi connectivity index (χ3v) is 4.52. The van der Waals surface area contributed by atoms with Gasteiger partial charge in [0.15, 0.2) is 5.82 Å². The Kier molecular flexibility index (Phi) is 8.14. The third kappa shape index (κ3) is 6.28. The summed E-state index contributed by atoms with van der Waals surface area (Å²) in [6.07, 6.45) is 5.14. The highest BCUT2D eigenvalue weighted by Gasteiger charge is 2.10. The van der Waals surface area contributed by atoms with E-state index in [1.165, 1.54) is 12.3 Å². The molecule has 3 rings (SSSR count). The first-order valence-electron chi connectivity index (χ1n) is 10.3. The van der Waals surface area contributed by atoms with E-state index in [0.29, 0.717) is 29.5 Å². The molecule has 0 bridgehead atoms. The molecule has 32 heavy (non-hydrogen) atoms. The Balaban J connectivity index is 1.66. The number of benzene rings is 2. The van der Waals surface area contributed by atoms with Gasteiger partial charge in [-0.3, -0.25) is 4.79 Å². The maximum Gasteiger partial charge on any atom is 0.290 e. The number of carbonyl (C=O) groups excluding carboxylic acids is 1. The highest BCUT2D eigenvalue weighted by molar-refractivity contribution is 5.93. The lowest BCUT2D eigenvalue weighted by atomic mass is 10.2. The van der Waals surface area contributed by atoms with Gasteiger partial charge in [0.05, 0.1) is 27.0 Å². The third-order valence-electron chi connectivity index (χ3n) is 4.52. The van der Waals surface area contributed by atoms with Gasteiger partial charge in [-0.25, -0.2) is 15.4 Å². The monoisotopic (exact) mass is 434 g/mol. The SMILES string of the molecule is CCCCOc1ccc(-c2nccc(C(=O)NN=Cc3cc(OC)cc(OC)c3)n2)cc1. The van der Waals surface area contributed by atoms with Gasteiger partial charge in [0, 0.05) is 23.4 Å². The van der Waals surface area contributed by atoms with E-state index in [-0.39, 0.29) is 5.69 Å². The van der Waals surface area contributed by atoms with Crippen molar-refractivity contribution >= 4 is 12.1 Å². The van der Waals surface area contributed by atoms with Gasteiger partial charge >= 0.3 is 0 Å². The number of ether oxygens (including phenoxy) is 3. The van der Waals surface area contributed by atoms with E-state index in [0.717, 1.165) is 24.2 Å². The first-order chi connectivity index (χ1) is 15.6. The molecule has 0 atom stereocenters. The molecule has 2 aromatic carbocycles. The standard InChI is InChI=1S/C24H26N4O4/c1-4-5-12-32-19-8-6-18(7-9-19)23-25-11-10-22(27-23)24(29)28-26-16-17-13-20(30-2)15-21(14-17)31-3/h6-11,13-16H,4-5,12H2,1-3H3,(H,28,29). The first kappa shape index (κ1) is 22.7. The van der Waals surface area contributed by atoms with Crippen LogP contribution in [-0.4, -0.2) is 42.9 Å². The molecular weight excluding hydrogens is 408 g/mol. The largest absolute Gasteiger partial charge is 0.497 e. The van der Waals surface area contributed by atoms with Crippen LogP contribution in [0.4, 0.5) is 0 Å². The zero-order valence-corrected chi connectivity index (χ0v) is 18.4. The van der Waals surface area contributed by atoms with E-state index in [1.807, 2.05) is 24.3 Å². The topological polar surface area (TPSA) is 94.9 Å². The predicted octanol–water partition coefficient (Wildman–Crippen LogP) is 4.10. The van der Waals surface area contributed by atoms with Crippen molar-refractivity contribution in [2.45, 2.75) is 19.8 Å². The van der Waals surface area contributed by atoms with Gasteiger partial charge < -0.3 is 14.2 Å². The molecule has 0 aliphatic carbocycles. The Morgan fingerprint density at radius 2 is 1.75 bits per heavy atom. The molecule has 8 nitrogen and oxygen atoms in total. The van der Waals surface area contributed by atoms with E-state index >= 15 is 0 Å². The van der Waals surface area contributed by atoms with E-state index in [9.17, 15) is 4.79 Å². The van der Waals surface area contributed by atoms with Gasteiger partial charge in [0.1, 0.15) is 22.9 Å². The lowest BCUT2D eigenvalue weighted by Crippen LogP contribution is -2.19. The molecule has 0 saturated heterocycles. The molecule has 1 N–H and O–H groups in total. The Morgan fingerprint density at radius 3 is 2.41 bits per heavy atom. The zero-order valence-electron chi connectivity index (χ0n) is 18.4. The van der Waals surface area contributed by atoms with Crippen LogP contribution in [0.2, 0.25) is 0 Å². The molecule has 1 heterocycles. The second-order valence-electron chi connectivity index (χ2n) is 6.84. The lowest BCUT2D eigenvalue weighted by molar-refractivity contribution is 0.0950. The molecular formula is C24H26N4O4. The maximum absolute atomic E-state index is 12.5. The molecule has 3 aromatic rings. The van der Waals surface area contributed by atoms with Crippen LogP contribution in [-0.2, 0) is 0 Å². The van der Waals surface area contributed by atoms with Gasteiger partial charge in [-0.1, -0.05) is 13.3 Å². The van der Waals surface area contributed by atoms with Crippen LogP contribution in [0, 0.1) is 0 Å². The summed E-state index contributed by atoms with van der Waals surface area (Å²) in [7, 11) is 3.13. The van der Waals surface area contributed by atoms with Crippen LogP contribution in [0.15, 0.2) is 59.8 Å². The molecule has 0 unspecified atom stereocenters. The van der Waals surface area contributed by atoms with Gasteiger partial charge in [-0.05, 0) is 48.9 Å². The van der Waals surface area contributed by atoms with Crippen LogP contribution in [0.25, 0.3) is 11.4 Å². The number of hydrazone groups is 1. The summed E-state index contributed by atoms with van der Waals surface area (Å²) < 4.78 is 16.1. The van der Waals surface area contributed by atoms with Crippen molar-refractivity contribution < 1.29 is 19.0 Å². The average Bonchev–Trinajstić information content (AvgIpc) is 2.84. The number of aromatic nitrogens is 2. The fourth-order valence-electron chi connectivity index (χ4n) is 2.79. The van der Waals surface area contributed by atoms with Gasteiger partial charge in [0.25, 0.3) is 5.91 Å². The zero-order chi connectivity index (χ0) is 22.8. The molecule has 0 saturated carbocycles. The minimum Gasteiger partial charge on any atom is -0.497 e. The summed E-state index contributed by atoms with van der Waals surface area (Å²) in [6, 6.07) is 14.3. The van der Waals surface area contributed by atoms with Crippen LogP contribution >= 0.6 is 0 Å². The molecule has 0 fully saturated rings. The van der Waals surface area contributed by atoms with Crippen molar-refractivity contribution in [3.05, 3.63) is 66.0 Å². The number of hydrogen-bond donors (Lipinski definition) is 1. The molecule has 0 aliphatic heterocycles. The summed E-state index contributed by atoms with van der Waals surface area (Å²) in [5.41, 5.74) is 4.19. The van der Waals surface area contributed by atoms with Gasteiger partial charge in [0.2, 0.25) is 0 Å². The van der Waals surface area contributed by atoms with Crippen molar-refractivity contribution in [1.82, 2.24) is 15.4 Å². The van der Waals surface area contributed by atoms with Crippen molar-refractivity contribution in [3.63, 3.8) is 0 Å². The smallest absolute Gasteiger partial charge is 0.290 e. The van der Waals surface area contributed by atoms with Crippen LogP contribution in [0.3, 0.4) is 0 Å². The second-order valence-corrected chi connectivity index (χ2v) is 6.84. The maximum atomic E-state index is 12.5. The van der Waals surface area contributed by atoms with Gasteiger partial charge in [-0.15, -0.1) is 0 Å². The molecule has 0 spiro atoms. The minimum atomic E-state index is -0.445. The Morgan fingerprint density at radius 1 is 1.03 bits per heavy atom. The Bertz CT molecular complexity index is 1050. The molecule has 1 aromatic heterocycles. The summed E-state index contributed by atoms with van der Waals surface area (Å²) in [5.74, 6) is 2.04. The average molecular weight is 434 g/mol. The Labute approximate surface area is 187 Å². The van der Waals surface area contributed by atoms with Crippen molar-refractivity contribution in [2.24, 2.45) is 5.10 Å². The fourth-order valence-corrected chi connectivity index (χ4v) is 2.79. The van der Waals surface area contributed by atoms with Crippen molar-refractivity contribution in [2.75, 3.05) is 20.8 Å². The Hall–Kier alpha value is -3.94. The first-order valence-corrected chi connectivity index (χ1v) is 10.3. The number of unbranched alkanes of at least 4 members (excludes halogenated alkanes) is 1. The normalized spacial score (nSPS) is 10.7. The van der Waals surface area contributed by atoms with Crippen LogP contribution in [0.5, 0.6) is 17.2 Å². The fraction of sp³-hybridized carbons (Fsp3) is 0.250. The van der Waals surface area contributed by atoms with E-state index < -0.39 is 5.91 Å². The number of hydrogen-bond acceptors (Lipinski definition) is 7. The van der Waals surface area contributed by atoms with E-state index in [4.69, 9.17) is 14.2 Å². The molecule has 0 radical (unpaired) electrons. The number of carbonyl (C=O) groups is 1. The highest BCUT2D eigenvalue weighted by atomic mass is 16.5. The summed E-state index contributed by atoms with van der Waals surface area (Å²) in [5, 5.41) is 4.01. The summed E-state index contributed by atoms with van der Waals surface area (Å²) >= 11 is 0. The van der Waals surface area contributed by atoms with Crippen molar-refractivity contribution in [1.29, 1.82) is 0 Å².